The summed E-state index contributed by atoms with van der Waals surface area (Å²) in [7, 11) is -4.23. The average molecular weight is 603 g/mol. The van der Waals surface area contributed by atoms with E-state index in [0.717, 1.165) is 23.3 Å². The molecule has 0 aliphatic heterocycles. The van der Waals surface area contributed by atoms with Gasteiger partial charge >= 0.3 is 6.18 Å². The van der Waals surface area contributed by atoms with Crippen molar-refractivity contribution in [2.75, 3.05) is 23.7 Å². The number of nitrogens with zero attached hydrogens (tertiary/aromatic N) is 2. The van der Waals surface area contributed by atoms with Gasteiger partial charge in [0.2, 0.25) is 21.8 Å². The molecule has 0 saturated carbocycles. The highest BCUT2D eigenvalue weighted by Gasteiger charge is 2.36. The lowest BCUT2D eigenvalue weighted by atomic mass is 10.1. The van der Waals surface area contributed by atoms with Gasteiger partial charge in [0.15, 0.2) is 0 Å². The van der Waals surface area contributed by atoms with Crippen molar-refractivity contribution in [3.8, 4) is 0 Å². The summed E-state index contributed by atoms with van der Waals surface area (Å²) in [6.07, 6.45) is -3.92. The molecule has 0 spiro atoms. The number of amides is 2. The van der Waals surface area contributed by atoms with Crippen LogP contribution < -0.4 is 9.62 Å². The molecular weight excluding hydrogens is 578 g/mol. The van der Waals surface area contributed by atoms with Gasteiger partial charge in [0.05, 0.1) is 32.6 Å². The molecule has 0 radical (unpaired) electrons. The van der Waals surface area contributed by atoms with Crippen LogP contribution in [0.5, 0.6) is 0 Å². The molecule has 0 aromatic heterocycles. The Morgan fingerprint density at radius 1 is 1.00 bits per heavy atom. The Bertz CT molecular complexity index is 1260. The second-order valence-electron chi connectivity index (χ2n) is 8.02. The SMILES string of the molecule is CCNC(=O)[C@@H](CC)N(Cc1ccc(Cl)c(Cl)c1)C(=O)CN(c1ccc(Cl)c(C(F)(F)F)c1)S(C)(=O)=O. The number of benzene rings is 2. The standard InChI is InChI=1S/C23H25Cl3F3N3O4S/c1-4-20(22(34)30-5-2)31(12-14-6-8-18(25)19(26)10-14)21(33)13-32(37(3,35)36)15-7-9-17(24)16(11-15)23(27,28)29/h6-11,20H,4-5,12-13H2,1-3H3,(H,30,34)/t20-/m1/s1. The van der Waals surface area contributed by atoms with Crippen molar-refractivity contribution in [3.05, 3.63) is 62.6 Å². The monoisotopic (exact) mass is 601 g/mol. The first-order valence-electron chi connectivity index (χ1n) is 11.0. The molecule has 0 heterocycles. The van der Waals surface area contributed by atoms with Gasteiger partial charge < -0.3 is 10.2 Å². The molecule has 0 aliphatic rings. The molecule has 2 rings (SSSR count). The molecule has 14 heteroatoms. The number of halogens is 6. The third-order valence-electron chi connectivity index (χ3n) is 5.30. The maximum atomic E-state index is 13.5. The molecule has 37 heavy (non-hydrogen) atoms. The van der Waals surface area contributed by atoms with Crippen LogP contribution in [0.25, 0.3) is 0 Å². The third kappa shape index (κ3) is 8.13. The van der Waals surface area contributed by atoms with Crippen molar-refractivity contribution in [3.63, 3.8) is 0 Å². The van der Waals surface area contributed by atoms with Crippen LogP contribution in [0.3, 0.4) is 0 Å². The van der Waals surface area contributed by atoms with E-state index in [2.05, 4.69) is 5.32 Å². The molecule has 2 amide bonds. The molecular formula is C23H25Cl3F3N3O4S. The largest absolute Gasteiger partial charge is 0.417 e. The average Bonchev–Trinajstić information content (AvgIpc) is 2.78. The Labute approximate surface area is 228 Å². The van der Waals surface area contributed by atoms with Gasteiger partial charge in [-0.2, -0.15) is 13.2 Å². The summed E-state index contributed by atoms with van der Waals surface area (Å²) < 4.78 is 65.9. The number of likely N-dealkylation sites (N-methyl/N-ethyl adjacent to an activating group) is 1. The number of nitrogens with one attached hydrogen (secondary N) is 1. The lowest BCUT2D eigenvalue weighted by Gasteiger charge is -2.33. The lowest BCUT2D eigenvalue weighted by Crippen LogP contribution is -2.52. The van der Waals surface area contributed by atoms with Crippen LogP contribution in [-0.4, -0.2) is 50.5 Å². The second-order valence-corrected chi connectivity index (χ2v) is 11.1. The molecule has 7 nitrogen and oxygen atoms in total. The molecule has 0 unspecified atom stereocenters. The Balaban J connectivity index is 2.54. The normalized spacial score (nSPS) is 12.7. The van der Waals surface area contributed by atoms with Crippen LogP contribution in [0.1, 0.15) is 31.4 Å². The van der Waals surface area contributed by atoms with Gasteiger partial charge in [-0.05, 0) is 49.2 Å². The van der Waals surface area contributed by atoms with Gasteiger partial charge in [-0.1, -0.05) is 47.8 Å². The van der Waals surface area contributed by atoms with Crippen molar-refractivity contribution in [2.24, 2.45) is 0 Å². The second kappa shape index (κ2) is 12.6. The number of carbonyl (C=O) groups excluding carboxylic acids is 2. The number of rotatable bonds is 10. The summed E-state index contributed by atoms with van der Waals surface area (Å²) in [6, 6.07) is 6.11. The summed E-state index contributed by atoms with van der Waals surface area (Å²) >= 11 is 17.7. The number of alkyl halides is 3. The van der Waals surface area contributed by atoms with E-state index >= 15 is 0 Å². The van der Waals surface area contributed by atoms with Gasteiger partial charge in [0.25, 0.3) is 0 Å². The van der Waals surface area contributed by atoms with Gasteiger partial charge in [-0.25, -0.2) is 8.42 Å². The van der Waals surface area contributed by atoms with E-state index in [4.69, 9.17) is 34.8 Å². The summed E-state index contributed by atoms with van der Waals surface area (Å²) in [5.74, 6) is -1.30. The van der Waals surface area contributed by atoms with E-state index in [1.54, 1.807) is 19.9 Å². The maximum absolute atomic E-state index is 13.5. The van der Waals surface area contributed by atoms with Crippen molar-refractivity contribution in [1.82, 2.24) is 10.2 Å². The highest BCUT2D eigenvalue weighted by molar-refractivity contribution is 7.92. The molecule has 0 aliphatic carbocycles. The summed E-state index contributed by atoms with van der Waals surface area (Å²) in [4.78, 5) is 27.4. The van der Waals surface area contributed by atoms with Crippen molar-refractivity contribution in [1.29, 1.82) is 0 Å². The van der Waals surface area contributed by atoms with Crippen molar-refractivity contribution >= 4 is 62.3 Å². The van der Waals surface area contributed by atoms with E-state index in [9.17, 15) is 31.2 Å². The molecule has 0 bridgehead atoms. The number of hydrogen-bond donors (Lipinski definition) is 1. The predicted octanol–water partition coefficient (Wildman–Crippen LogP) is 5.38. The third-order valence-corrected chi connectivity index (χ3v) is 7.51. The Morgan fingerprint density at radius 2 is 1.62 bits per heavy atom. The van der Waals surface area contributed by atoms with Gasteiger partial charge in [0.1, 0.15) is 12.6 Å². The molecule has 204 valence electrons. The lowest BCUT2D eigenvalue weighted by molar-refractivity contribution is -0.140. The first-order chi connectivity index (χ1) is 17.1. The molecule has 0 fully saturated rings. The minimum atomic E-state index is -4.86. The van der Waals surface area contributed by atoms with Crippen molar-refractivity contribution in [2.45, 2.75) is 39.0 Å². The zero-order chi connectivity index (χ0) is 28.1. The highest BCUT2D eigenvalue weighted by atomic mass is 35.5. The van der Waals surface area contributed by atoms with Gasteiger partial charge in [-0.15, -0.1) is 0 Å². The van der Waals surface area contributed by atoms with Crippen LogP contribution in [-0.2, 0) is 32.3 Å². The summed E-state index contributed by atoms with van der Waals surface area (Å²) in [5.41, 5.74) is -1.16. The molecule has 0 saturated heterocycles. The number of sulfonamides is 1. The fraction of sp³-hybridized carbons (Fsp3) is 0.391. The van der Waals surface area contributed by atoms with Gasteiger partial charge in [0, 0.05) is 13.1 Å². The molecule has 2 aromatic rings. The number of hydrogen-bond acceptors (Lipinski definition) is 4. The molecule has 1 N–H and O–H groups in total. The highest BCUT2D eigenvalue weighted by Crippen LogP contribution is 2.37. The zero-order valence-corrected chi connectivity index (χ0v) is 23.2. The zero-order valence-electron chi connectivity index (χ0n) is 20.1. The van der Waals surface area contributed by atoms with Crippen molar-refractivity contribution < 1.29 is 31.2 Å². The van der Waals surface area contributed by atoms with E-state index in [1.165, 1.54) is 12.1 Å². The van der Waals surface area contributed by atoms with Gasteiger partial charge in [-0.3, -0.25) is 13.9 Å². The smallest absolute Gasteiger partial charge is 0.355 e. The number of anilines is 1. The summed E-state index contributed by atoms with van der Waals surface area (Å²) in [6.45, 7) is 2.63. The van der Waals surface area contributed by atoms with Crippen LogP contribution in [0.15, 0.2) is 36.4 Å². The van der Waals surface area contributed by atoms with E-state index < -0.39 is 56.9 Å². The van der Waals surface area contributed by atoms with Crippen LogP contribution in [0.4, 0.5) is 18.9 Å². The van der Waals surface area contributed by atoms with E-state index in [-0.39, 0.29) is 29.6 Å². The Kier molecular flexibility index (Phi) is 10.5. The summed E-state index contributed by atoms with van der Waals surface area (Å²) in [5, 5.41) is 2.48. The molecule has 1 atom stereocenters. The minimum Gasteiger partial charge on any atom is -0.355 e. The Hall–Kier alpha value is -2.21. The predicted molar refractivity (Wildman–Crippen MR) is 138 cm³/mol. The van der Waals surface area contributed by atoms with Crippen LogP contribution >= 0.6 is 34.8 Å². The molecule has 2 aromatic carbocycles. The van der Waals surface area contributed by atoms with E-state index in [1.807, 2.05) is 0 Å². The number of carbonyl (C=O) groups is 2. The quantitative estimate of drug-likeness (QED) is 0.396. The first kappa shape index (κ1) is 31.0. The minimum absolute atomic E-state index is 0.141. The Morgan fingerprint density at radius 3 is 2.14 bits per heavy atom. The fourth-order valence-corrected chi connectivity index (χ4v) is 4.93. The van der Waals surface area contributed by atoms with Crippen LogP contribution in [0, 0.1) is 0 Å². The van der Waals surface area contributed by atoms with E-state index in [0.29, 0.717) is 15.9 Å². The topological polar surface area (TPSA) is 86.8 Å². The van der Waals surface area contributed by atoms with Crippen LogP contribution in [0.2, 0.25) is 15.1 Å². The fourth-order valence-electron chi connectivity index (χ4n) is 3.55. The first-order valence-corrected chi connectivity index (χ1v) is 13.9. The maximum Gasteiger partial charge on any atom is 0.417 e.